The van der Waals surface area contributed by atoms with Gasteiger partial charge in [0.25, 0.3) is 5.69 Å². The predicted molar refractivity (Wildman–Crippen MR) is 79.4 cm³/mol. The maximum atomic E-state index is 10.8. The van der Waals surface area contributed by atoms with E-state index in [4.69, 9.17) is 0 Å². The number of nitrogens with one attached hydrogen (secondary N) is 1. The van der Waals surface area contributed by atoms with Gasteiger partial charge in [0.2, 0.25) is 5.82 Å². The SMILES string of the molecule is O=[N+]([O-])c1cccc(-c2nc(-c3ncccc3Br)n[nH]2)c1. The van der Waals surface area contributed by atoms with E-state index in [0.29, 0.717) is 22.9 Å². The summed E-state index contributed by atoms with van der Waals surface area (Å²) in [7, 11) is 0. The first kappa shape index (κ1) is 13.4. The van der Waals surface area contributed by atoms with Crippen molar-refractivity contribution in [3.63, 3.8) is 0 Å². The van der Waals surface area contributed by atoms with Gasteiger partial charge < -0.3 is 0 Å². The van der Waals surface area contributed by atoms with E-state index in [2.05, 4.69) is 36.1 Å². The zero-order valence-corrected chi connectivity index (χ0v) is 12.1. The van der Waals surface area contributed by atoms with Gasteiger partial charge in [0.15, 0.2) is 5.82 Å². The molecule has 0 saturated heterocycles. The minimum atomic E-state index is -0.448. The normalized spacial score (nSPS) is 10.5. The van der Waals surface area contributed by atoms with Crippen LogP contribution in [0.2, 0.25) is 0 Å². The van der Waals surface area contributed by atoms with Crippen molar-refractivity contribution in [1.29, 1.82) is 0 Å². The average molecular weight is 346 g/mol. The van der Waals surface area contributed by atoms with Crippen LogP contribution in [0.5, 0.6) is 0 Å². The third-order valence-corrected chi connectivity index (χ3v) is 3.43. The van der Waals surface area contributed by atoms with Gasteiger partial charge in [0, 0.05) is 28.4 Å². The number of aromatic nitrogens is 4. The highest BCUT2D eigenvalue weighted by atomic mass is 79.9. The summed E-state index contributed by atoms with van der Waals surface area (Å²) in [4.78, 5) is 18.9. The van der Waals surface area contributed by atoms with Crippen molar-refractivity contribution in [3.8, 4) is 22.9 Å². The van der Waals surface area contributed by atoms with Gasteiger partial charge in [0.05, 0.1) is 4.92 Å². The van der Waals surface area contributed by atoms with Gasteiger partial charge in [-0.3, -0.25) is 20.2 Å². The smallest absolute Gasteiger partial charge is 0.259 e. The molecule has 1 N–H and O–H groups in total. The summed E-state index contributed by atoms with van der Waals surface area (Å²) in [5.74, 6) is 0.871. The molecule has 0 aliphatic carbocycles. The van der Waals surface area contributed by atoms with E-state index >= 15 is 0 Å². The molecule has 1 aromatic carbocycles. The van der Waals surface area contributed by atoms with Crippen LogP contribution in [-0.2, 0) is 0 Å². The van der Waals surface area contributed by atoms with Crippen molar-refractivity contribution in [2.45, 2.75) is 0 Å². The molecule has 104 valence electrons. The Morgan fingerprint density at radius 1 is 1.24 bits per heavy atom. The van der Waals surface area contributed by atoms with Crippen molar-refractivity contribution in [3.05, 3.63) is 57.2 Å². The number of pyridine rings is 1. The summed E-state index contributed by atoms with van der Waals surface area (Å²) in [6, 6.07) is 9.83. The van der Waals surface area contributed by atoms with Gasteiger partial charge >= 0.3 is 0 Å². The van der Waals surface area contributed by atoms with E-state index in [1.165, 1.54) is 12.1 Å². The highest BCUT2D eigenvalue weighted by Crippen LogP contribution is 2.25. The van der Waals surface area contributed by atoms with E-state index in [0.717, 1.165) is 4.47 Å². The van der Waals surface area contributed by atoms with E-state index in [1.807, 2.05) is 6.07 Å². The predicted octanol–water partition coefficient (Wildman–Crippen LogP) is 3.20. The van der Waals surface area contributed by atoms with E-state index in [9.17, 15) is 10.1 Å². The molecule has 0 spiro atoms. The number of nitrogens with zero attached hydrogens (tertiary/aromatic N) is 4. The topological polar surface area (TPSA) is 97.6 Å². The third-order valence-electron chi connectivity index (χ3n) is 2.79. The standard InChI is InChI=1S/C13H8BrN5O2/c14-10-5-2-6-15-11(10)13-16-12(17-18-13)8-3-1-4-9(7-8)19(20)21/h1-7H,(H,16,17,18). The van der Waals surface area contributed by atoms with Gasteiger partial charge in [-0.15, -0.1) is 0 Å². The fourth-order valence-corrected chi connectivity index (χ4v) is 2.25. The monoisotopic (exact) mass is 345 g/mol. The summed E-state index contributed by atoms with van der Waals surface area (Å²) >= 11 is 3.38. The van der Waals surface area contributed by atoms with Gasteiger partial charge in [-0.05, 0) is 28.1 Å². The molecule has 2 aromatic heterocycles. The molecule has 0 amide bonds. The molecule has 21 heavy (non-hydrogen) atoms. The van der Waals surface area contributed by atoms with Crippen molar-refractivity contribution >= 4 is 21.6 Å². The van der Waals surface area contributed by atoms with Crippen LogP contribution in [0.15, 0.2) is 47.1 Å². The van der Waals surface area contributed by atoms with E-state index < -0.39 is 4.92 Å². The van der Waals surface area contributed by atoms with Crippen LogP contribution in [0.3, 0.4) is 0 Å². The minimum Gasteiger partial charge on any atom is -0.259 e. The van der Waals surface area contributed by atoms with Crippen molar-refractivity contribution in [2.75, 3.05) is 0 Å². The fourth-order valence-electron chi connectivity index (χ4n) is 1.81. The zero-order chi connectivity index (χ0) is 14.8. The average Bonchev–Trinajstić information content (AvgIpc) is 2.97. The summed E-state index contributed by atoms with van der Waals surface area (Å²) in [5, 5.41) is 17.7. The van der Waals surface area contributed by atoms with Crippen LogP contribution < -0.4 is 0 Å². The third kappa shape index (κ3) is 2.65. The molecule has 0 atom stereocenters. The number of hydrogen-bond acceptors (Lipinski definition) is 5. The van der Waals surface area contributed by atoms with Gasteiger partial charge in [0.1, 0.15) is 5.69 Å². The lowest BCUT2D eigenvalue weighted by Gasteiger charge is -1.97. The molecule has 7 nitrogen and oxygen atoms in total. The first-order chi connectivity index (χ1) is 10.1. The number of aromatic amines is 1. The minimum absolute atomic E-state index is 0.00414. The molecule has 0 saturated carbocycles. The summed E-state index contributed by atoms with van der Waals surface area (Å²) < 4.78 is 0.773. The molecule has 0 fully saturated rings. The van der Waals surface area contributed by atoms with Crippen LogP contribution in [0, 0.1) is 10.1 Å². The van der Waals surface area contributed by atoms with Crippen molar-refractivity contribution in [2.24, 2.45) is 0 Å². The second-order valence-corrected chi connectivity index (χ2v) is 5.00. The molecule has 2 heterocycles. The lowest BCUT2D eigenvalue weighted by molar-refractivity contribution is -0.384. The largest absolute Gasteiger partial charge is 0.270 e. The van der Waals surface area contributed by atoms with Gasteiger partial charge in [-0.25, -0.2) is 4.98 Å². The highest BCUT2D eigenvalue weighted by Gasteiger charge is 2.13. The molecule has 0 unspecified atom stereocenters. The van der Waals surface area contributed by atoms with Crippen molar-refractivity contribution in [1.82, 2.24) is 20.2 Å². The summed E-state index contributed by atoms with van der Waals surface area (Å²) in [5.41, 5.74) is 1.20. The highest BCUT2D eigenvalue weighted by molar-refractivity contribution is 9.10. The Hall–Kier alpha value is -2.61. The number of nitro benzene ring substituents is 1. The maximum Gasteiger partial charge on any atom is 0.270 e. The number of hydrogen-bond donors (Lipinski definition) is 1. The van der Waals surface area contributed by atoms with Crippen LogP contribution in [0.25, 0.3) is 22.9 Å². The van der Waals surface area contributed by atoms with Gasteiger partial charge in [-0.1, -0.05) is 12.1 Å². The van der Waals surface area contributed by atoms with Crippen LogP contribution >= 0.6 is 15.9 Å². The second kappa shape index (κ2) is 5.41. The first-order valence-electron chi connectivity index (χ1n) is 5.93. The van der Waals surface area contributed by atoms with Crippen LogP contribution in [0.4, 0.5) is 5.69 Å². The number of nitro groups is 1. The molecule has 0 aliphatic rings. The lowest BCUT2D eigenvalue weighted by Crippen LogP contribution is -1.89. The second-order valence-electron chi connectivity index (χ2n) is 4.15. The number of H-pyrrole nitrogens is 1. The lowest BCUT2D eigenvalue weighted by atomic mass is 10.2. The zero-order valence-electron chi connectivity index (χ0n) is 10.5. The number of non-ortho nitro benzene ring substituents is 1. The molecule has 0 aliphatic heterocycles. The molecular weight excluding hydrogens is 338 g/mol. The van der Waals surface area contributed by atoms with Crippen LogP contribution in [-0.4, -0.2) is 25.1 Å². The molecule has 0 radical (unpaired) electrons. The van der Waals surface area contributed by atoms with E-state index in [1.54, 1.807) is 24.4 Å². The van der Waals surface area contributed by atoms with Crippen LogP contribution in [0.1, 0.15) is 0 Å². The number of rotatable bonds is 3. The number of halogens is 1. The fraction of sp³-hybridized carbons (Fsp3) is 0. The summed E-state index contributed by atoms with van der Waals surface area (Å²) in [6.07, 6.45) is 1.64. The number of benzene rings is 1. The molecular formula is C13H8BrN5O2. The molecule has 8 heteroatoms. The Morgan fingerprint density at radius 3 is 2.86 bits per heavy atom. The molecule has 3 rings (SSSR count). The molecule has 0 bridgehead atoms. The Bertz CT molecular complexity index is 818. The maximum absolute atomic E-state index is 10.8. The first-order valence-corrected chi connectivity index (χ1v) is 6.72. The Balaban J connectivity index is 2.01. The van der Waals surface area contributed by atoms with Gasteiger partial charge in [-0.2, -0.15) is 5.10 Å². The van der Waals surface area contributed by atoms with Crippen molar-refractivity contribution < 1.29 is 4.92 Å². The Morgan fingerprint density at radius 2 is 2.10 bits per heavy atom. The van der Waals surface area contributed by atoms with E-state index in [-0.39, 0.29) is 5.69 Å². The molecule has 3 aromatic rings. The summed E-state index contributed by atoms with van der Waals surface area (Å²) in [6.45, 7) is 0. The Kier molecular flexibility index (Phi) is 3.44. The Labute approximate surface area is 127 Å². The quantitative estimate of drug-likeness (QED) is 0.580.